The molecule has 1 saturated carbocycles. The Bertz CT molecular complexity index is 797. The van der Waals surface area contributed by atoms with E-state index >= 15 is 0 Å². The summed E-state index contributed by atoms with van der Waals surface area (Å²) in [5, 5.41) is 3.15. The number of nitrogens with zero attached hydrogens (tertiary/aromatic N) is 2. The van der Waals surface area contributed by atoms with Crippen LogP contribution in [0.2, 0.25) is 0 Å². The number of rotatable bonds is 7. The summed E-state index contributed by atoms with van der Waals surface area (Å²) in [6.45, 7) is 1.01. The number of pyridine rings is 1. The fraction of sp³-hybridized carbons (Fsp3) is 0.500. The molecule has 154 valence electrons. The van der Waals surface area contributed by atoms with Crippen LogP contribution in [0.4, 0.5) is 0 Å². The second-order valence-corrected chi connectivity index (χ2v) is 7.75. The summed E-state index contributed by atoms with van der Waals surface area (Å²) in [6.07, 6.45) is 10.7. The minimum Gasteiger partial charge on any atom is -0.459 e. The van der Waals surface area contributed by atoms with Crippen molar-refractivity contribution in [2.24, 2.45) is 0 Å². The first-order valence-electron chi connectivity index (χ1n) is 10.4. The largest absolute Gasteiger partial charge is 0.459 e. The van der Waals surface area contributed by atoms with Crippen LogP contribution in [0.25, 0.3) is 0 Å². The van der Waals surface area contributed by atoms with Gasteiger partial charge in [-0.2, -0.15) is 0 Å². The molecular weight excluding hydrogens is 370 g/mol. The third-order valence-electron chi connectivity index (χ3n) is 5.68. The highest BCUT2D eigenvalue weighted by Crippen LogP contribution is 2.27. The molecule has 0 unspecified atom stereocenters. The number of carbonyl (C=O) groups excluding carboxylic acids is 2. The molecule has 0 bridgehead atoms. The maximum Gasteiger partial charge on any atom is 0.290 e. The average Bonchev–Trinajstić information content (AvgIpc) is 3.51. The molecule has 2 fully saturated rings. The van der Waals surface area contributed by atoms with E-state index in [1.165, 1.54) is 6.26 Å². The molecule has 1 N–H and O–H groups in total. The smallest absolute Gasteiger partial charge is 0.290 e. The van der Waals surface area contributed by atoms with Crippen LogP contribution in [0.15, 0.2) is 47.3 Å². The highest BCUT2D eigenvalue weighted by atomic mass is 16.5. The van der Waals surface area contributed by atoms with Crippen LogP contribution in [0.1, 0.15) is 60.7 Å². The SMILES string of the molecule is O=C(NC1CCCC1)[C@@H](c1cccnc1)N(C[C@@H]1CCCO1)C(=O)c1ccco1. The second kappa shape index (κ2) is 9.22. The highest BCUT2D eigenvalue weighted by molar-refractivity contribution is 5.96. The van der Waals surface area contributed by atoms with Gasteiger partial charge in [-0.1, -0.05) is 18.9 Å². The maximum absolute atomic E-state index is 13.4. The predicted molar refractivity (Wildman–Crippen MR) is 106 cm³/mol. The van der Waals surface area contributed by atoms with Gasteiger partial charge in [0, 0.05) is 37.2 Å². The van der Waals surface area contributed by atoms with Gasteiger partial charge in [0.05, 0.1) is 12.4 Å². The van der Waals surface area contributed by atoms with E-state index in [2.05, 4.69) is 10.3 Å². The van der Waals surface area contributed by atoms with E-state index in [1.54, 1.807) is 35.5 Å². The molecule has 2 atom stereocenters. The molecule has 2 amide bonds. The van der Waals surface area contributed by atoms with Crippen molar-refractivity contribution in [3.63, 3.8) is 0 Å². The van der Waals surface area contributed by atoms with Crippen LogP contribution in [0, 0.1) is 0 Å². The summed E-state index contributed by atoms with van der Waals surface area (Å²) in [5.41, 5.74) is 0.681. The van der Waals surface area contributed by atoms with Gasteiger partial charge >= 0.3 is 0 Å². The molecule has 4 rings (SSSR count). The van der Waals surface area contributed by atoms with Crippen molar-refractivity contribution in [1.82, 2.24) is 15.2 Å². The maximum atomic E-state index is 13.4. The topological polar surface area (TPSA) is 84.7 Å². The van der Waals surface area contributed by atoms with Crippen molar-refractivity contribution in [2.45, 2.75) is 56.7 Å². The summed E-state index contributed by atoms with van der Waals surface area (Å²) in [7, 11) is 0. The third-order valence-corrected chi connectivity index (χ3v) is 5.68. The molecular formula is C22H27N3O4. The van der Waals surface area contributed by atoms with E-state index in [1.807, 2.05) is 6.07 Å². The summed E-state index contributed by atoms with van der Waals surface area (Å²) >= 11 is 0. The molecule has 1 aliphatic carbocycles. The van der Waals surface area contributed by atoms with Gasteiger partial charge in [0.25, 0.3) is 5.91 Å². The van der Waals surface area contributed by atoms with Crippen LogP contribution in [0.3, 0.4) is 0 Å². The molecule has 3 heterocycles. The molecule has 2 aromatic heterocycles. The van der Waals surface area contributed by atoms with Crippen molar-refractivity contribution in [3.05, 3.63) is 54.2 Å². The minimum atomic E-state index is -0.786. The summed E-state index contributed by atoms with van der Waals surface area (Å²) in [4.78, 5) is 32.5. The Hall–Kier alpha value is -2.67. The number of carbonyl (C=O) groups is 2. The third kappa shape index (κ3) is 4.67. The lowest BCUT2D eigenvalue weighted by atomic mass is 10.0. The lowest BCUT2D eigenvalue weighted by molar-refractivity contribution is -0.127. The van der Waals surface area contributed by atoms with Crippen molar-refractivity contribution < 1.29 is 18.7 Å². The van der Waals surface area contributed by atoms with E-state index in [-0.39, 0.29) is 29.7 Å². The van der Waals surface area contributed by atoms with Gasteiger partial charge in [0.1, 0.15) is 6.04 Å². The van der Waals surface area contributed by atoms with Gasteiger partial charge in [-0.05, 0) is 43.9 Å². The average molecular weight is 397 g/mol. The minimum absolute atomic E-state index is 0.0904. The lowest BCUT2D eigenvalue weighted by Gasteiger charge is -2.33. The number of amides is 2. The lowest BCUT2D eigenvalue weighted by Crippen LogP contribution is -2.48. The van der Waals surface area contributed by atoms with Crippen molar-refractivity contribution >= 4 is 11.8 Å². The van der Waals surface area contributed by atoms with E-state index < -0.39 is 6.04 Å². The van der Waals surface area contributed by atoms with Gasteiger partial charge in [-0.15, -0.1) is 0 Å². The summed E-state index contributed by atoms with van der Waals surface area (Å²) in [6, 6.07) is 6.29. The molecule has 0 radical (unpaired) electrons. The van der Waals surface area contributed by atoms with E-state index in [9.17, 15) is 9.59 Å². The van der Waals surface area contributed by atoms with Crippen LogP contribution in [-0.2, 0) is 9.53 Å². The molecule has 7 heteroatoms. The molecule has 0 spiro atoms. The molecule has 2 aromatic rings. The van der Waals surface area contributed by atoms with Crippen molar-refractivity contribution in [3.8, 4) is 0 Å². The van der Waals surface area contributed by atoms with Crippen molar-refractivity contribution in [2.75, 3.05) is 13.2 Å². The van der Waals surface area contributed by atoms with Crippen LogP contribution in [0.5, 0.6) is 0 Å². The monoisotopic (exact) mass is 397 g/mol. The molecule has 1 saturated heterocycles. The quantitative estimate of drug-likeness (QED) is 0.776. The standard InChI is InChI=1S/C22H27N3O4/c26-21(24-17-7-1-2-8-17)20(16-6-3-11-23-14-16)25(15-18-9-4-12-28-18)22(27)19-10-5-13-29-19/h3,5-6,10-11,13-14,17-18,20H,1-2,4,7-9,12,15H2,(H,24,26)/t18-,20+/m0/s1. The Kier molecular flexibility index (Phi) is 6.24. The molecule has 2 aliphatic rings. The zero-order chi connectivity index (χ0) is 20.1. The van der Waals surface area contributed by atoms with Gasteiger partial charge in [-0.25, -0.2) is 0 Å². The predicted octanol–water partition coefficient (Wildman–Crippen LogP) is 3.10. The fourth-order valence-electron chi connectivity index (χ4n) is 4.22. The van der Waals surface area contributed by atoms with Gasteiger partial charge < -0.3 is 19.4 Å². The van der Waals surface area contributed by atoms with Gasteiger partial charge in [0.2, 0.25) is 5.91 Å². The van der Waals surface area contributed by atoms with E-state index in [0.717, 1.165) is 38.5 Å². The molecule has 1 aliphatic heterocycles. The second-order valence-electron chi connectivity index (χ2n) is 7.75. The van der Waals surface area contributed by atoms with E-state index in [0.29, 0.717) is 18.7 Å². The molecule has 7 nitrogen and oxygen atoms in total. The van der Waals surface area contributed by atoms with Crippen LogP contribution >= 0.6 is 0 Å². The summed E-state index contributed by atoms with van der Waals surface area (Å²) in [5.74, 6) is -0.283. The van der Waals surface area contributed by atoms with Crippen LogP contribution in [-0.4, -0.2) is 47.0 Å². The first kappa shape index (κ1) is 19.6. The number of hydrogen-bond acceptors (Lipinski definition) is 5. The Morgan fingerprint density at radius 2 is 2.03 bits per heavy atom. The number of ether oxygens (including phenoxy) is 1. The number of aromatic nitrogens is 1. The normalized spacial score (nSPS) is 20.5. The highest BCUT2D eigenvalue weighted by Gasteiger charge is 2.36. The molecule has 0 aromatic carbocycles. The van der Waals surface area contributed by atoms with Crippen molar-refractivity contribution in [1.29, 1.82) is 0 Å². The summed E-state index contributed by atoms with van der Waals surface area (Å²) < 4.78 is 11.1. The zero-order valence-corrected chi connectivity index (χ0v) is 16.5. The van der Waals surface area contributed by atoms with Gasteiger partial charge in [-0.3, -0.25) is 14.6 Å². The number of hydrogen-bond donors (Lipinski definition) is 1. The number of nitrogens with one attached hydrogen (secondary N) is 1. The zero-order valence-electron chi connectivity index (χ0n) is 16.5. The fourth-order valence-corrected chi connectivity index (χ4v) is 4.22. The Morgan fingerprint density at radius 3 is 2.69 bits per heavy atom. The molecule has 29 heavy (non-hydrogen) atoms. The first-order valence-corrected chi connectivity index (χ1v) is 10.4. The van der Waals surface area contributed by atoms with Crippen LogP contribution < -0.4 is 5.32 Å². The van der Waals surface area contributed by atoms with E-state index in [4.69, 9.17) is 9.15 Å². The Balaban J connectivity index is 1.65. The Labute approximate surface area is 170 Å². The first-order chi connectivity index (χ1) is 14.2. The Morgan fingerprint density at radius 1 is 1.17 bits per heavy atom. The van der Waals surface area contributed by atoms with Gasteiger partial charge in [0.15, 0.2) is 5.76 Å². The number of furan rings is 1.